The van der Waals surface area contributed by atoms with E-state index in [0.717, 1.165) is 23.0 Å². The monoisotopic (exact) mass is 449 g/mol. The summed E-state index contributed by atoms with van der Waals surface area (Å²) in [4.78, 5) is 39.0. The number of nitrogens with one attached hydrogen (secondary N) is 1. The number of thiophene rings is 1. The predicted molar refractivity (Wildman–Crippen MR) is 121 cm³/mol. The minimum atomic E-state index is -0.633. The lowest BCUT2D eigenvalue weighted by Crippen LogP contribution is -2.42. The number of carbonyl (C=O) groups is 1. The molecule has 1 atom stereocenters. The zero-order chi connectivity index (χ0) is 22.2. The Labute approximate surface area is 186 Å². The summed E-state index contributed by atoms with van der Waals surface area (Å²) in [6, 6.07) is 15.6. The largest absolute Gasteiger partial charge is 0.348 e. The van der Waals surface area contributed by atoms with Crippen LogP contribution in [-0.4, -0.2) is 15.0 Å². The van der Waals surface area contributed by atoms with Crippen LogP contribution in [0.2, 0.25) is 0 Å². The van der Waals surface area contributed by atoms with Crippen LogP contribution < -0.4 is 16.6 Å². The van der Waals surface area contributed by atoms with Crippen molar-refractivity contribution < 1.29 is 9.18 Å². The van der Waals surface area contributed by atoms with Crippen molar-refractivity contribution in [3.05, 3.63) is 103 Å². The molecule has 0 aliphatic heterocycles. The normalized spacial score (nSPS) is 15.1. The molecule has 1 N–H and O–H groups in total. The maximum absolute atomic E-state index is 14.2. The van der Waals surface area contributed by atoms with E-state index in [9.17, 15) is 18.8 Å². The number of hydrogen-bond donors (Lipinski definition) is 1. The summed E-state index contributed by atoms with van der Waals surface area (Å²) >= 11 is 1.20. The highest BCUT2D eigenvalue weighted by Crippen LogP contribution is 2.30. The molecule has 32 heavy (non-hydrogen) atoms. The van der Waals surface area contributed by atoms with Crippen LogP contribution in [0.4, 0.5) is 4.39 Å². The number of amides is 1. The lowest BCUT2D eigenvalue weighted by atomic mass is 10.1. The summed E-state index contributed by atoms with van der Waals surface area (Å²) in [5, 5.41) is 4.73. The first kappa shape index (κ1) is 20.4. The quantitative estimate of drug-likeness (QED) is 0.509. The zero-order valence-electron chi connectivity index (χ0n) is 17.1. The van der Waals surface area contributed by atoms with E-state index >= 15 is 0 Å². The molecular formula is C24H20FN3O3S. The average molecular weight is 450 g/mol. The van der Waals surface area contributed by atoms with Gasteiger partial charge >= 0.3 is 5.69 Å². The van der Waals surface area contributed by atoms with Gasteiger partial charge in [-0.15, -0.1) is 11.3 Å². The van der Waals surface area contributed by atoms with E-state index in [0.29, 0.717) is 10.2 Å². The van der Waals surface area contributed by atoms with Gasteiger partial charge in [-0.3, -0.25) is 18.7 Å². The van der Waals surface area contributed by atoms with Crippen molar-refractivity contribution in [3.63, 3.8) is 0 Å². The third kappa shape index (κ3) is 3.56. The topological polar surface area (TPSA) is 73.1 Å². The second kappa shape index (κ2) is 8.20. The van der Waals surface area contributed by atoms with Crippen molar-refractivity contribution in [2.45, 2.75) is 32.0 Å². The summed E-state index contributed by atoms with van der Waals surface area (Å²) in [5.74, 6) is -0.799. The van der Waals surface area contributed by atoms with Crippen molar-refractivity contribution >= 4 is 27.5 Å². The van der Waals surface area contributed by atoms with Gasteiger partial charge in [0.25, 0.3) is 5.56 Å². The molecule has 0 unspecified atom stereocenters. The van der Waals surface area contributed by atoms with Crippen molar-refractivity contribution in [3.8, 4) is 0 Å². The standard InChI is InChI=1S/C24H20FN3O3S/c25-18-8-4-2-6-16(18)13-28-23(30)22-20(11-12-32-22)27(24(28)31)14-21(29)26-19-10-9-15-5-1-3-7-17(15)19/h1-8,11-12,19H,9-10,13-14H2,(H,26,29)/t19-/m0/s1. The van der Waals surface area contributed by atoms with Gasteiger partial charge in [-0.25, -0.2) is 9.18 Å². The Bertz CT molecular complexity index is 1450. The first-order valence-electron chi connectivity index (χ1n) is 10.3. The fourth-order valence-electron chi connectivity index (χ4n) is 4.31. The molecule has 0 saturated carbocycles. The van der Waals surface area contributed by atoms with Crippen molar-refractivity contribution in [1.29, 1.82) is 0 Å². The minimum Gasteiger partial charge on any atom is -0.348 e. The summed E-state index contributed by atoms with van der Waals surface area (Å²) in [6.07, 6.45) is 1.70. The summed E-state index contributed by atoms with van der Waals surface area (Å²) in [7, 11) is 0. The number of halogens is 1. The average Bonchev–Trinajstić information content (AvgIpc) is 3.43. The number of carbonyl (C=O) groups excluding carboxylic acids is 1. The fraction of sp³-hybridized carbons (Fsp3) is 0.208. The van der Waals surface area contributed by atoms with Crippen LogP contribution in [0.25, 0.3) is 10.2 Å². The summed E-state index contributed by atoms with van der Waals surface area (Å²) in [6.45, 7) is -0.419. The highest BCUT2D eigenvalue weighted by Gasteiger charge is 2.24. The number of rotatable bonds is 5. The van der Waals surface area contributed by atoms with E-state index in [4.69, 9.17) is 0 Å². The first-order chi connectivity index (χ1) is 15.5. The molecule has 5 rings (SSSR count). The fourth-order valence-corrected chi connectivity index (χ4v) is 5.16. The van der Waals surface area contributed by atoms with E-state index < -0.39 is 17.1 Å². The van der Waals surface area contributed by atoms with Gasteiger partial charge in [0.15, 0.2) is 0 Å². The van der Waals surface area contributed by atoms with Crippen LogP contribution in [0.3, 0.4) is 0 Å². The van der Waals surface area contributed by atoms with Crippen LogP contribution in [0.15, 0.2) is 69.6 Å². The Balaban J connectivity index is 1.48. The molecule has 0 bridgehead atoms. The predicted octanol–water partition coefficient (Wildman–Crippen LogP) is 3.22. The molecule has 6 nitrogen and oxygen atoms in total. The number of hydrogen-bond acceptors (Lipinski definition) is 4. The molecule has 0 saturated heterocycles. The molecule has 4 aromatic rings. The number of nitrogens with zero attached hydrogens (tertiary/aromatic N) is 2. The minimum absolute atomic E-state index is 0.100. The summed E-state index contributed by atoms with van der Waals surface area (Å²) < 4.78 is 16.8. The molecule has 0 radical (unpaired) electrons. The highest BCUT2D eigenvalue weighted by molar-refractivity contribution is 7.17. The molecule has 1 amide bonds. The molecule has 8 heteroatoms. The molecular weight excluding hydrogens is 429 g/mol. The van der Waals surface area contributed by atoms with Gasteiger partial charge in [0.1, 0.15) is 17.1 Å². The van der Waals surface area contributed by atoms with E-state index in [1.807, 2.05) is 18.2 Å². The molecule has 2 aromatic carbocycles. The molecule has 162 valence electrons. The van der Waals surface area contributed by atoms with Crippen LogP contribution in [0, 0.1) is 5.82 Å². The Morgan fingerprint density at radius 2 is 1.84 bits per heavy atom. The third-order valence-corrected chi connectivity index (χ3v) is 6.78. The zero-order valence-corrected chi connectivity index (χ0v) is 17.9. The maximum Gasteiger partial charge on any atom is 0.332 e. The molecule has 1 aliphatic rings. The number of aryl methyl sites for hydroxylation is 1. The molecule has 0 spiro atoms. The first-order valence-corrected chi connectivity index (χ1v) is 11.2. The van der Waals surface area contributed by atoms with Crippen LogP contribution in [-0.2, 0) is 24.3 Å². The van der Waals surface area contributed by atoms with Crippen LogP contribution in [0.1, 0.15) is 29.2 Å². The van der Waals surface area contributed by atoms with Crippen LogP contribution >= 0.6 is 11.3 Å². The number of fused-ring (bicyclic) bond motifs is 2. The van der Waals surface area contributed by atoms with Crippen molar-refractivity contribution in [2.24, 2.45) is 0 Å². The second-order valence-electron chi connectivity index (χ2n) is 7.84. The molecule has 0 fully saturated rings. The van der Waals surface area contributed by atoms with E-state index in [2.05, 4.69) is 11.4 Å². The van der Waals surface area contributed by atoms with Gasteiger partial charge in [-0.1, -0.05) is 42.5 Å². The maximum atomic E-state index is 14.2. The highest BCUT2D eigenvalue weighted by atomic mass is 32.1. The molecule has 2 aromatic heterocycles. The molecule has 1 aliphatic carbocycles. The smallest absolute Gasteiger partial charge is 0.332 e. The van der Waals surface area contributed by atoms with E-state index in [1.165, 1.54) is 33.6 Å². The van der Waals surface area contributed by atoms with E-state index in [-0.39, 0.29) is 30.6 Å². The Kier molecular flexibility index (Phi) is 5.22. The lowest BCUT2D eigenvalue weighted by Gasteiger charge is -2.16. The van der Waals surface area contributed by atoms with Gasteiger partial charge in [-0.05, 0) is 41.5 Å². The lowest BCUT2D eigenvalue weighted by molar-refractivity contribution is -0.122. The SMILES string of the molecule is O=C(Cn1c(=O)n(Cc2ccccc2F)c(=O)c2sccc21)N[C@H]1CCc2ccccc21. The van der Waals surface area contributed by atoms with Crippen LogP contribution in [0.5, 0.6) is 0 Å². The summed E-state index contributed by atoms with van der Waals surface area (Å²) in [5.41, 5.74) is 1.85. The van der Waals surface area contributed by atoms with Gasteiger partial charge < -0.3 is 5.32 Å². The van der Waals surface area contributed by atoms with Crippen molar-refractivity contribution in [1.82, 2.24) is 14.5 Å². The molecule has 2 heterocycles. The van der Waals surface area contributed by atoms with E-state index in [1.54, 1.807) is 23.6 Å². The number of aromatic nitrogens is 2. The third-order valence-electron chi connectivity index (χ3n) is 5.89. The Morgan fingerprint density at radius 1 is 1.06 bits per heavy atom. The van der Waals surface area contributed by atoms with Gasteiger partial charge in [-0.2, -0.15) is 0 Å². The Hall–Kier alpha value is -3.52. The Morgan fingerprint density at radius 3 is 2.69 bits per heavy atom. The van der Waals surface area contributed by atoms with Gasteiger partial charge in [0.05, 0.1) is 18.1 Å². The number of benzene rings is 2. The second-order valence-corrected chi connectivity index (χ2v) is 8.76. The van der Waals surface area contributed by atoms with Gasteiger partial charge in [0, 0.05) is 5.56 Å². The van der Waals surface area contributed by atoms with Gasteiger partial charge in [0.2, 0.25) is 5.91 Å². The van der Waals surface area contributed by atoms with Crippen molar-refractivity contribution in [2.75, 3.05) is 0 Å².